The average Bonchev–Trinajstić information content (AvgIpc) is 2.89. The summed E-state index contributed by atoms with van der Waals surface area (Å²) in [5.41, 5.74) is -3.18. The number of nitrogens with zero attached hydrogens (tertiary/aromatic N) is 2. The van der Waals surface area contributed by atoms with Crippen molar-refractivity contribution in [3.63, 3.8) is 0 Å². The Kier molecular flexibility index (Phi) is 5.35. The second kappa shape index (κ2) is 7.14. The molecule has 1 fully saturated rings. The molecular formula is C17H17Cl2F3N2O3. The van der Waals surface area contributed by atoms with Gasteiger partial charge in [-0.25, -0.2) is 0 Å². The monoisotopic (exact) mass is 424 g/mol. The number of benzene rings is 1. The maximum Gasteiger partial charge on any atom is 0.439 e. The average molecular weight is 425 g/mol. The number of fused-ring (bicyclic) bond motifs is 1. The van der Waals surface area contributed by atoms with E-state index in [0.717, 1.165) is 0 Å². The first-order chi connectivity index (χ1) is 12.6. The van der Waals surface area contributed by atoms with Gasteiger partial charge in [0.15, 0.2) is 6.61 Å². The van der Waals surface area contributed by atoms with Crippen molar-refractivity contribution >= 4 is 34.8 Å². The zero-order valence-electron chi connectivity index (χ0n) is 14.3. The fraction of sp³-hybridized carbons (Fsp3) is 0.529. The summed E-state index contributed by atoms with van der Waals surface area (Å²) in [4.78, 5) is 12.5. The van der Waals surface area contributed by atoms with Crippen LogP contribution in [0.1, 0.15) is 26.2 Å². The Morgan fingerprint density at radius 3 is 2.74 bits per heavy atom. The van der Waals surface area contributed by atoms with E-state index in [4.69, 9.17) is 27.9 Å². The van der Waals surface area contributed by atoms with Crippen molar-refractivity contribution in [2.45, 2.75) is 38.1 Å². The number of hydrogen-bond donors (Lipinski definition) is 1. The van der Waals surface area contributed by atoms with E-state index in [1.165, 1.54) is 18.2 Å². The van der Waals surface area contributed by atoms with Crippen LogP contribution in [-0.2, 0) is 4.79 Å². The number of amides is 1. The lowest BCUT2D eigenvalue weighted by Crippen LogP contribution is -2.62. The molecule has 1 amide bonds. The molecule has 1 saturated carbocycles. The summed E-state index contributed by atoms with van der Waals surface area (Å²) < 4.78 is 46.4. The molecule has 0 saturated heterocycles. The number of ether oxygens (including phenoxy) is 1. The highest BCUT2D eigenvalue weighted by Gasteiger charge is 2.69. The maximum atomic E-state index is 13.7. The van der Waals surface area contributed by atoms with Crippen LogP contribution in [0.3, 0.4) is 0 Å². The number of hydrogen-bond acceptors (Lipinski definition) is 4. The molecule has 0 aromatic heterocycles. The lowest BCUT2D eigenvalue weighted by Gasteiger charge is -2.38. The van der Waals surface area contributed by atoms with Crippen LogP contribution in [0.25, 0.3) is 0 Å². The third-order valence-electron chi connectivity index (χ3n) is 4.91. The summed E-state index contributed by atoms with van der Waals surface area (Å²) in [6.45, 7) is 0.970. The zero-order valence-corrected chi connectivity index (χ0v) is 15.8. The first-order valence-electron chi connectivity index (χ1n) is 8.34. The van der Waals surface area contributed by atoms with Crippen molar-refractivity contribution in [1.29, 1.82) is 0 Å². The van der Waals surface area contributed by atoms with E-state index in [-0.39, 0.29) is 33.8 Å². The minimum absolute atomic E-state index is 0.0857. The van der Waals surface area contributed by atoms with Crippen molar-refractivity contribution in [3.8, 4) is 5.75 Å². The zero-order chi connectivity index (χ0) is 20.0. The van der Waals surface area contributed by atoms with Gasteiger partial charge in [-0.3, -0.25) is 4.79 Å². The second-order valence-electron chi connectivity index (χ2n) is 6.70. The lowest BCUT2D eigenvalue weighted by molar-refractivity contribution is -0.317. The Bertz CT molecular complexity index is 787. The number of carbonyl (C=O) groups is 1. The topological polar surface area (TPSA) is 62.1 Å². The number of aliphatic hydroxyl groups is 1. The van der Waals surface area contributed by atoms with Crippen LogP contribution in [0.15, 0.2) is 23.3 Å². The molecule has 0 bridgehead atoms. The lowest BCUT2D eigenvalue weighted by atomic mass is 9.75. The van der Waals surface area contributed by atoms with Gasteiger partial charge in [0.1, 0.15) is 5.75 Å². The van der Waals surface area contributed by atoms with Crippen molar-refractivity contribution in [2.24, 2.45) is 16.9 Å². The molecule has 3 rings (SSSR count). The first-order valence-corrected chi connectivity index (χ1v) is 9.09. The number of rotatable bonds is 3. The summed E-state index contributed by atoms with van der Waals surface area (Å²) in [7, 11) is 0. The largest absolute Gasteiger partial charge is 0.482 e. The van der Waals surface area contributed by atoms with Crippen molar-refractivity contribution in [1.82, 2.24) is 5.01 Å². The van der Waals surface area contributed by atoms with E-state index in [9.17, 15) is 23.1 Å². The molecular weight excluding hydrogens is 408 g/mol. The van der Waals surface area contributed by atoms with E-state index in [1.807, 2.05) is 0 Å². The molecule has 1 heterocycles. The van der Waals surface area contributed by atoms with E-state index >= 15 is 0 Å². The van der Waals surface area contributed by atoms with E-state index < -0.39 is 30.3 Å². The molecule has 5 nitrogen and oxygen atoms in total. The molecule has 27 heavy (non-hydrogen) atoms. The van der Waals surface area contributed by atoms with Crippen LogP contribution in [-0.4, -0.2) is 40.2 Å². The molecule has 1 aromatic rings. The molecule has 0 radical (unpaired) electrons. The van der Waals surface area contributed by atoms with Crippen molar-refractivity contribution in [2.75, 3.05) is 6.61 Å². The number of alkyl halides is 3. The molecule has 3 atom stereocenters. The summed E-state index contributed by atoms with van der Waals surface area (Å²) in [6, 6.07) is 4.23. The highest BCUT2D eigenvalue weighted by Crippen LogP contribution is 2.49. The fourth-order valence-corrected chi connectivity index (χ4v) is 4.00. The predicted molar refractivity (Wildman–Crippen MR) is 93.7 cm³/mol. The normalized spacial score (nSPS) is 28.0. The number of hydrazone groups is 1. The van der Waals surface area contributed by atoms with Gasteiger partial charge < -0.3 is 9.84 Å². The number of halogens is 5. The Morgan fingerprint density at radius 1 is 1.41 bits per heavy atom. The second-order valence-corrected chi connectivity index (χ2v) is 7.55. The minimum atomic E-state index is -5.06. The summed E-state index contributed by atoms with van der Waals surface area (Å²) in [5, 5.41) is 15.0. The van der Waals surface area contributed by atoms with Gasteiger partial charge in [0.05, 0.1) is 10.9 Å². The van der Waals surface area contributed by atoms with Crippen molar-refractivity contribution in [3.05, 3.63) is 28.2 Å². The Balaban J connectivity index is 1.85. The van der Waals surface area contributed by atoms with Crippen LogP contribution in [0.2, 0.25) is 10.0 Å². The van der Waals surface area contributed by atoms with Crippen molar-refractivity contribution < 1.29 is 27.8 Å². The van der Waals surface area contributed by atoms with Crippen LogP contribution in [0, 0.1) is 11.8 Å². The Hall–Kier alpha value is -1.51. The van der Waals surface area contributed by atoms with Gasteiger partial charge in [-0.05, 0) is 37.0 Å². The molecule has 1 aliphatic carbocycles. The van der Waals surface area contributed by atoms with E-state index in [0.29, 0.717) is 17.9 Å². The smallest absolute Gasteiger partial charge is 0.439 e. The minimum Gasteiger partial charge on any atom is -0.482 e. The van der Waals surface area contributed by atoms with Gasteiger partial charge in [0, 0.05) is 10.7 Å². The molecule has 10 heteroatoms. The van der Waals surface area contributed by atoms with Crippen LogP contribution in [0.4, 0.5) is 13.2 Å². The maximum absolute atomic E-state index is 13.7. The third kappa shape index (κ3) is 3.50. The predicted octanol–water partition coefficient (Wildman–Crippen LogP) is 4.26. The SMILES string of the molecule is C[C@@H]1CCC[C@@H]2C1=NN(C(=O)COc1ccc(Cl)cc1Cl)[C@]2(O)C(F)(F)F. The summed E-state index contributed by atoms with van der Waals surface area (Å²) >= 11 is 11.7. The molecule has 2 aliphatic rings. The quantitative estimate of drug-likeness (QED) is 0.788. The van der Waals surface area contributed by atoms with E-state index in [2.05, 4.69) is 5.10 Å². The molecule has 1 aliphatic heterocycles. The Labute approximate surface area is 163 Å². The van der Waals surface area contributed by atoms with Crippen LogP contribution >= 0.6 is 23.2 Å². The molecule has 1 aromatic carbocycles. The van der Waals surface area contributed by atoms with Crippen LogP contribution in [0.5, 0.6) is 5.75 Å². The summed E-state index contributed by atoms with van der Waals surface area (Å²) in [6.07, 6.45) is -3.79. The highest BCUT2D eigenvalue weighted by molar-refractivity contribution is 6.35. The third-order valence-corrected chi connectivity index (χ3v) is 5.45. The fourth-order valence-electron chi connectivity index (χ4n) is 3.54. The highest BCUT2D eigenvalue weighted by atomic mass is 35.5. The van der Waals surface area contributed by atoms with Gasteiger partial charge in [-0.2, -0.15) is 23.3 Å². The van der Waals surface area contributed by atoms with Gasteiger partial charge in [0.2, 0.25) is 0 Å². The van der Waals surface area contributed by atoms with Gasteiger partial charge in [-0.1, -0.05) is 36.5 Å². The summed E-state index contributed by atoms with van der Waals surface area (Å²) in [5.74, 6) is -2.55. The standard InChI is InChI=1S/C17H17Cl2F3N2O3/c1-9-3-2-4-11-15(9)23-24(16(11,26)17(20,21)22)14(25)8-27-13-6-5-10(18)7-12(13)19/h5-7,9,11,26H,2-4,8H2,1H3/t9-,11-,16-/m1/s1. The number of carbonyl (C=O) groups excluding carboxylic acids is 1. The molecule has 0 spiro atoms. The van der Waals surface area contributed by atoms with Crippen LogP contribution < -0.4 is 4.74 Å². The van der Waals surface area contributed by atoms with Gasteiger partial charge in [0.25, 0.3) is 11.6 Å². The molecule has 1 N–H and O–H groups in total. The Morgan fingerprint density at radius 2 is 2.11 bits per heavy atom. The first kappa shape index (κ1) is 20.2. The molecule has 0 unspecified atom stereocenters. The van der Waals surface area contributed by atoms with Gasteiger partial charge >= 0.3 is 6.18 Å². The van der Waals surface area contributed by atoms with E-state index in [1.54, 1.807) is 6.92 Å². The van der Waals surface area contributed by atoms with Gasteiger partial charge in [-0.15, -0.1) is 0 Å². The molecule has 148 valence electrons.